The SMILES string of the molecule is CCOC(=O)C/C=C(\c1cc(C(=O)OCC)co1)P(=O)(OCC)OCC. The van der Waals surface area contributed by atoms with Gasteiger partial charge in [-0.3, -0.25) is 9.36 Å². The molecule has 0 N–H and O–H groups in total. The van der Waals surface area contributed by atoms with Crippen LogP contribution in [-0.4, -0.2) is 38.4 Å². The molecule has 0 bridgehead atoms. The van der Waals surface area contributed by atoms with Gasteiger partial charge >= 0.3 is 19.5 Å². The lowest BCUT2D eigenvalue weighted by Gasteiger charge is -2.18. The van der Waals surface area contributed by atoms with E-state index in [4.69, 9.17) is 22.9 Å². The normalized spacial score (nSPS) is 12.1. The van der Waals surface area contributed by atoms with Gasteiger partial charge in [-0.15, -0.1) is 0 Å². The lowest BCUT2D eigenvalue weighted by molar-refractivity contribution is -0.142. The fraction of sp³-hybridized carbons (Fsp3) is 0.529. The zero-order valence-electron chi connectivity index (χ0n) is 15.5. The van der Waals surface area contributed by atoms with Gasteiger partial charge in [-0.05, 0) is 33.8 Å². The van der Waals surface area contributed by atoms with Crippen LogP contribution in [0.1, 0.15) is 50.2 Å². The highest BCUT2D eigenvalue weighted by Crippen LogP contribution is 2.60. The topological polar surface area (TPSA) is 101 Å². The predicted octanol–water partition coefficient (Wildman–Crippen LogP) is 4.02. The molecule has 0 atom stereocenters. The first-order chi connectivity index (χ1) is 12.4. The Kier molecular flexibility index (Phi) is 9.34. The molecular formula is C17H25O8P. The molecule has 146 valence electrons. The van der Waals surface area contributed by atoms with E-state index in [9.17, 15) is 14.2 Å². The molecule has 0 fully saturated rings. The first-order valence-electron chi connectivity index (χ1n) is 8.43. The van der Waals surface area contributed by atoms with Crippen molar-refractivity contribution in [3.8, 4) is 0 Å². The van der Waals surface area contributed by atoms with Gasteiger partial charge in [0.2, 0.25) is 0 Å². The molecule has 0 saturated heterocycles. The van der Waals surface area contributed by atoms with Gasteiger partial charge in [0.1, 0.15) is 17.3 Å². The minimum atomic E-state index is -3.75. The summed E-state index contributed by atoms with van der Waals surface area (Å²) in [5, 5.41) is 0.0600. The average Bonchev–Trinajstić information content (AvgIpc) is 3.05. The number of ether oxygens (including phenoxy) is 2. The maximum absolute atomic E-state index is 13.1. The Hall–Kier alpha value is -1.89. The third-order valence-electron chi connectivity index (χ3n) is 3.02. The van der Waals surface area contributed by atoms with E-state index in [1.807, 2.05) is 0 Å². The van der Waals surface area contributed by atoms with Crippen molar-refractivity contribution in [3.05, 3.63) is 29.7 Å². The minimum absolute atomic E-state index is 0.0600. The van der Waals surface area contributed by atoms with Crippen molar-refractivity contribution in [1.29, 1.82) is 0 Å². The van der Waals surface area contributed by atoms with E-state index in [2.05, 4.69) is 0 Å². The molecule has 1 rings (SSSR count). The lowest BCUT2D eigenvalue weighted by atomic mass is 10.3. The number of carbonyl (C=O) groups is 2. The highest BCUT2D eigenvalue weighted by molar-refractivity contribution is 7.65. The highest BCUT2D eigenvalue weighted by atomic mass is 31.2. The summed E-state index contributed by atoms with van der Waals surface area (Å²) < 4.78 is 39.0. The van der Waals surface area contributed by atoms with Crippen LogP contribution < -0.4 is 0 Å². The predicted molar refractivity (Wildman–Crippen MR) is 94.8 cm³/mol. The number of furan rings is 1. The van der Waals surface area contributed by atoms with Crippen LogP contribution in [-0.2, 0) is 27.9 Å². The molecule has 0 aliphatic carbocycles. The molecule has 0 aliphatic heterocycles. The zero-order valence-corrected chi connectivity index (χ0v) is 16.4. The molecule has 1 heterocycles. The highest BCUT2D eigenvalue weighted by Gasteiger charge is 2.33. The molecule has 0 aliphatic rings. The van der Waals surface area contributed by atoms with E-state index in [1.54, 1.807) is 27.7 Å². The van der Waals surface area contributed by atoms with Crippen LogP contribution in [0, 0.1) is 0 Å². The Bertz CT molecular complexity index is 666. The van der Waals surface area contributed by atoms with Crippen LogP contribution >= 0.6 is 7.60 Å². The van der Waals surface area contributed by atoms with Crippen LogP contribution in [0.3, 0.4) is 0 Å². The van der Waals surface area contributed by atoms with Gasteiger partial charge < -0.3 is 22.9 Å². The summed E-state index contributed by atoms with van der Waals surface area (Å²) in [5.74, 6) is -0.973. The number of rotatable bonds is 11. The second-order valence-corrected chi connectivity index (χ2v) is 6.84. The molecule has 1 aromatic rings. The first-order valence-corrected chi connectivity index (χ1v) is 9.97. The summed E-state index contributed by atoms with van der Waals surface area (Å²) in [6.07, 6.45) is 2.41. The van der Waals surface area contributed by atoms with E-state index in [0.29, 0.717) is 0 Å². The Labute approximate surface area is 153 Å². The monoisotopic (exact) mass is 388 g/mol. The molecule has 0 aromatic carbocycles. The maximum Gasteiger partial charge on any atom is 0.364 e. The van der Waals surface area contributed by atoms with Gasteiger partial charge in [-0.1, -0.05) is 6.08 Å². The van der Waals surface area contributed by atoms with Crippen molar-refractivity contribution in [2.24, 2.45) is 0 Å². The summed E-state index contributed by atoms with van der Waals surface area (Å²) in [5.41, 5.74) is 0.156. The van der Waals surface area contributed by atoms with Crippen LogP contribution in [0.5, 0.6) is 0 Å². The van der Waals surface area contributed by atoms with Crippen LogP contribution in [0.2, 0.25) is 0 Å². The van der Waals surface area contributed by atoms with E-state index in [-0.39, 0.29) is 49.5 Å². The smallest absolute Gasteiger partial charge is 0.364 e. The van der Waals surface area contributed by atoms with E-state index in [1.165, 1.54) is 18.4 Å². The number of hydrogen-bond acceptors (Lipinski definition) is 8. The van der Waals surface area contributed by atoms with Gasteiger partial charge in [0.15, 0.2) is 0 Å². The Morgan fingerprint density at radius 3 is 2.19 bits per heavy atom. The molecule has 0 amide bonds. The van der Waals surface area contributed by atoms with Crippen molar-refractivity contribution < 1.29 is 37.1 Å². The first kappa shape index (κ1) is 22.2. The van der Waals surface area contributed by atoms with Crippen LogP contribution in [0.4, 0.5) is 0 Å². The van der Waals surface area contributed by atoms with Crippen molar-refractivity contribution in [2.45, 2.75) is 34.1 Å². The Morgan fingerprint density at radius 1 is 1.04 bits per heavy atom. The standard InChI is InChI=1S/C17H25O8P/c1-5-21-16(18)10-9-15(26(20,24-7-3)25-8-4)14-11-13(12-23-14)17(19)22-6-2/h9,11-12H,5-8,10H2,1-4H3/b15-9+. The molecular weight excluding hydrogens is 363 g/mol. The molecule has 1 aromatic heterocycles. The molecule has 8 nitrogen and oxygen atoms in total. The van der Waals surface area contributed by atoms with Gasteiger partial charge in [-0.25, -0.2) is 4.79 Å². The third-order valence-corrected chi connectivity index (χ3v) is 5.21. The molecule has 0 radical (unpaired) electrons. The maximum atomic E-state index is 13.1. The summed E-state index contributed by atoms with van der Waals surface area (Å²) in [4.78, 5) is 23.5. The van der Waals surface area contributed by atoms with Gasteiger partial charge in [-0.2, -0.15) is 0 Å². The van der Waals surface area contributed by atoms with E-state index in [0.717, 1.165) is 0 Å². The number of esters is 2. The lowest BCUT2D eigenvalue weighted by Crippen LogP contribution is -2.04. The second-order valence-electron chi connectivity index (χ2n) is 4.85. The second kappa shape index (κ2) is 11.0. The molecule has 0 unspecified atom stereocenters. The minimum Gasteiger partial charge on any atom is -0.466 e. The molecule has 26 heavy (non-hydrogen) atoms. The molecule has 0 spiro atoms. The summed E-state index contributed by atoms with van der Waals surface area (Å²) >= 11 is 0. The van der Waals surface area contributed by atoms with E-state index >= 15 is 0 Å². The molecule has 9 heteroatoms. The Morgan fingerprint density at radius 2 is 1.65 bits per heavy atom. The quantitative estimate of drug-likeness (QED) is 0.414. The third kappa shape index (κ3) is 6.12. The summed E-state index contributed by atoms with van der Waals surface area (Å²) in [6.45, 7) is 7.39. The average molecular weight is 388 g/mol. The van der Waals surface area contributed by atoms with Crippen molar-refractivity contribution in [1.82, 2.24) is 0 Å². The zero-order chi connectivity index (χ0) is 19.6. The van der Waals surface area contributed by atoms with Crippen molar-refractivity contribution in [3.63, 3.8) is 0 Å². The Balaban J connectivity index is 3.27. The summed E-state index contributed by atoms with van der Waals surface area (Å²) in [7, 11) is -3.75. The van der Waals surface area contributed by atoms with Gasteiger partial charge in [0.05, 0.1) is 38.4 Å². The number of carbonyl (C=O) groups excluding carboxylic acids is 2. The van der Waals surface area contributed by atoms with Gasteiger partial charge in [0, 0.05) is 0 Å². The van der Waals surface area contributed by atoms with Crippen LogP contribution in [0.15, 0.2) is 22.8 Å². The molecule has 0 saturated carbocycles. The van der Waals surface area contributed by atoms with Crippen LogP contribution in [0.25, 0.3) is 5.31 Å². The fourth-order valence-corrected chi connectivity index (χ4v) is 3.79. The van der Waals surface area contributed by atoms with Crippen molar-refractivity contribution >= 4 is 24.8 Å². The van der Waals surface area contributed by atoms with Gasteiger partial charge in [0.25, 0.3) is 0 Å². The summed E-state index contributed by atoms with van der Waals surface area (Å²) in [6, 6.07) is 1.37. The van der Waals surface area contributed by atoms with E-state index < -0.39 is 19.5 Å². The largest absolute Gasteiger partial charge is 0.466 e. The van der Waals surface area contributed by atoms with Crippen molar-refractivity contribution in [2.75, 3.05) is 26.4 Å². The fourth-order valence-electron chi connectivity index (χ4n) is 2.06. The number of hydrogen-bond donors (Lipinski definition) is 0.